The summed E-state index contributed by atoms with van der Waals surface area (Å²) in [4.78, 5) is 12.4. The minimum atomic E-state index is 0.200. The van der Waals surface area contributed by atoms with E-state index in [2.05, 4.69) is 28.2 Å². The lowest BCUT2D eigenvalue weighted by Crippen LogP contribution is -2.27. The number of anilines is 1. The van der Waals surface area contributed by atoms with Crippen molar-refractivity contribution in [2.24, 2.45) is 11.8 Å². The van der Waals surface area contributed by atoms with E-state index in [4.69, 9.17) is 0 Å². The second-order valence-electron chi connectivity index (χ2n) is 6.31. The van der Waals surface area contributed by atoms with Gasteiger partial charge in [0.1, 0.15) is 0 Å². The molecule has 0 atom stereocenters. The Balaban J connectivity index is 1.84. The predicted octanol–water partition coefficient (Wildman–Crippen LogP) is 5.69. The number of amides is 1. The smallest absolute Gasteiger partial charge is 0.227 e. The van der Waals surface area contributed by atoms with Crippen LogP contribution in [0.3, 0.4) is 0 Å². The molecule has 116 valence electrons. The number of unbranched alkanes of at least 4 members (excludes halogenated alkanes) is 1. The Morgan fingerprint density at radius 2 is 2.00 bits per heavy atom. The van der Waals surface area contributed by atoms with Gasteiger partial charge in [-0.15, -0.1) is 0 Å². The van der Waals surface area contributed by atoms with E-state index in [-0.39, 0.29) is 11.8 Å². The first-order valence-electron chi connectivity index (χ1n) is 8.17. The summed E-state index contributed by atoms with van der Waals surface area (Å²) >= 11 is 3.45. The van der Waals surface area contributed by atoms with Gasteiger partial charge in [-0.3, -0.25) is 4.79 Å². The Bertz CT molecular complexity index is 478. The van der Waals surface area contributed by atoms with E-state index in [1.807, 2.05) is 25.1 Å². The lowest BCUT2D eigenvalue weighted by molar-refractivity contribution is -0.121. The highest BCUT2D eigenvalue weighted by molar-refractivity contribution is 9.10. The van der Waals surface area contributed by atoms with Gasteiger partial charge in [0.2, 0.25) is 5.91 Å². The third kappa shape index (κ3) is 4.84. The van der Waals surface area contributed by atoms with Gasteiger partial charge in [-0.25, -0.2) is 0 Å². The molecular formula is C18H26BrNO. The highest BCUT2D eigenvalue weighted by Gasteiger charge is 2.26. The van der Waals surface area contributed by atoms with Crippen molar-refractivity contribution in [3.8, 4) is 0 Å². The summed E-state index contributed by atoms with van der Waals surface area (Å²) in [7, 11) is 0. The van der Waals surface area contributed by atoms with E-state index in [9.17, 15) is 4.79 Å². The molecule has 1 saturated carbocycles. The molecule has 0 heterocycles. The number of hydrogen-bond acceptors (Lipinski definition) is 1. The van der Waals surface area contributed by atoms with Crippen molar-refractivity contribution in [2.45, 2.75) is 58.8 Å². The minimum absolute atomic E-state index is 0.200. The summed E-state index contributed by atoms with van der Waals surface area (Å²) in [6, 6.07) is 5.99. The fraction of sp³-hybridized carbons (Fsp3) is 0.611. The molecule has 1 aromatic carbocycles. The van der Waals surface area contributed by atoms with Crippen LogP contribution in [0.5, 0.6) is 0 Å². The van der Waals surface area contributed by atoms with Crippen molar-refractivity contribution in [2.75, 3.05) is 5.32 Å². The van der Waals surface area contributed by atoms with Gasteiger partial charge in [0.25, 0.3) is 0 Å². The standard InChI is InChI=1S/C18H26BrNO/c1-3-4-5-14-6-8-15(9-7-14)18(21)20-17-11-10-16(19)12-13(17)2/h10-12,14-15H,3-9H2,1-2H3,(H,20,21). The molecule has 3 heteroatoms. The zero-order valence-electron chi connectivity index (χ0n) is 13.1. The molecule has 0 saturated heterocycles. The van der Waals surface area contributed by atoms with Gasteiger partial charge < -0.3 is 5.32 Å². The third-order valence-corrected chi connectivity index (χ3v) is 5.12. The quantitative estimate of drug-likeness (QED) is 0.724. The first kappa shape index (κ1) is 16.5. The molecule has 21 heavy (non-hydrogen) atoms. The zero-order valence-corrected chi connectivity index (χ0v) is 14.7. The Hall–Kier alpha value is -0.830. The lowest BCUT2D eigenvalue weighted by atomic mass is 9.79. The van der Waals surface area contributed by atoms with Crippen LogP contribution < -0.4 is 5.32 Å². The van der Waals surface area contributed by atoms with E-state index < -0.39 is 0 Å². The van der Waals surface area contributed by atoms with Gasteiger partial charge in [-0.2, -0.15) is 0 Å². The Kier molecular flexibility index (Phi) is 6.28. The van der Waals surface area contributed by atoms with Crippen LogP contribution in [0.1, 0.15) is 57.4 Å². The number of carbonyl (C=O) groups is 1. The van der Waals surface area contributed by atoms with Crippen LogP contribution in [0.25, 0.3) is 0 Å². The van der Waals surface area contributed by atoms with Crippen LogP contribution in [0, 0.1) is 18.8 Å². The number of nitrogens with one attached hydrogen (secondary N) is 1. The zero-order chi connectivity index (χ0) is 15.2. The van der Waals surface area contributed by atoms with Gasteiger partial charge in [0, 0.05) is 16.1 Å². The summed E-state index contributed by atoms with van der Waals surface area (Å²) in [5, 5.41) is 3.11. The SMILES string of the molecule is CCCCC1CCC(C(=O)Nc2ccc(Br)cc2C)CC1. The minimum Gasteiger partial charge on any atom is -0.326 e. The van der Waals surface area contributed by atoms with Crippen molar-refractivity contribution in [3.63, 3.8) is 0 Å². The molecule has 1 fully saturated rings. The van der Waals surface area contributed by atoms with Gasteiger partial charge in [-0.05, 0) is 62.3 Å². The van der Waals surface area contributed by atoms with Crippen molar-refractivity contribution in [3.05, 3.63) is 28.2 Å². The average molecular weight is 352 g/mol. The van der Waals surface area contributed by atoms with Crippen LogP contribution in [-0.4, -0.2) is 5.91 Å². The first-order chi connectivity index (χ1) is 10.1. The maximum Gasteiger partial charge on any atom is 0.227 e. The largest absolute Gasteiger partial charge is 0.326 e. The van der Waals surface area contributed by atoms with E-state index in [0.717, 1.165) is 34.5 Å². The van der Waals surface area contributed by atoms with E-state index in [0.29, 0.717) is 0 Å². The van der Waals surface area contributed by atoms with E-state index in [1.54, 1.807) is 0 Å². The topological polar surface area (TPSA) is 29.1 Å². The number of halogens is 1. The van der Waals surface area contributed by atoms with Gasteiger partial charge >= 0.3 is 0 Å². The number of aryl methyl sites for hydroxylation is 1. The van der Waals surface area contributed by atoms with Crippen molar-refractivity contribution < 1.29 is 4.79 Å². The number of hydrogen-bond donors (Lipinski definition) is 1. The fourth-order valence-corrected chi connectivity index (χ4v) is 3.68. The molecule has 0 unspecified atom stereocenters. The normalized spacial score (nSPS) is 22.0. The molecule has 2 nitrogen and oxygen atoms in total. The fourth-order valence-electron chi connectivity index (χ4n) is 3.21. The molecular weight excluding hydrogens is 326 g/mol. The van der Waals surface area contributed by atoms with Crippen molar-refractivity contribution in [1.29, 1.82) is 0 Å². The molecule has 1 aliphatic carbocycles. The lowest BCUT2D eigenvalue weighted by Gasteiger charge is -2.28. The van der Waals surface area contributed by atoms with E-state index in [1.165, 1.54) is 32.1 Å². The van der Waals surface area contributed by atoms with Gasteiger partial charge in [0.15, 0.2) is 0 Å². The molecule has 0 aliphatic heterocycles. The third-order valence-electron chi connectivity index (χ3n) is 4.63. The molecule has 1 aliphatic rings. The van der Waals surface area contributed by atoms with Crippen molar-refractivity contribution in [1.82, 2.24) is 0 Å². The summed E-state index contributed by atoms with van der Waals surface area (Å²) in [5.74, 6) is 1.25. The summed E-state index contributed by atoms with van der Waals surface area (Å²) in [5.41, 5.74) is 2.05. The predicted molar refractivity (Wildman–Crippen MR) is 92.5 cm³/mol. The van der Waals surface area contributed by atoms with Crippen LogP contribution >= 0.6 is 15.9 Å². The molecule has 1 aromatic rings. The number of benzene rings is 1. The molecule has 0 aromatic heterocycles. The molecule has 0 radical (unpaired) electrons. The summed E-state index contributed by atoms with van der Waals surface area (Å²) < 4.78 is 1.05. The maximum atomic E-state index is 12.4. The molecule has 0 bridgehead atoms. The average Bonchev–Trinajstić information content (AvgIpc) is 2.48. The van der Waals surface area contributed by atoms with E-state index >= 15 is 0 Å². The number of rotatable bonds is 5. The summed E-state index contributed by atoms with van der Waals surface area (Å²) in [6.45, 7) is 4.28. The second kappa shape index (κ2) is 7.98. The van der Waals surface area contributed by atoms with Crippen molar-refractivity contribution >= 4 is 27.5 Å². The van der Waals surface area contributed by atoms with Crippen LogP contribution in [0.2, 0.25) is 0 Å². The van der Waals surface area contributed by atoms with Gasteiger partial charge in [0.05, 0.1) is 0 Å². The Morgan fingerprint density at radius 3 is 2.62 bits per heavy atom. The summed E-state index contributed by atoms with van der Waals surface area (Å²) in [6.07, 6.45) is 8.50. The first-order valence-corrected chi connectivity index (χ1v) is 8.96. The molecule has 0 spiro atoms. The Morgan fingerprint density at radius 1 is 1.29 bits per heavy atom. The molecule has 1 amide bonds. The molecule has 1 N–H and O–H groups in total. The monoisotopic (exact) mass is 351 g/mol. The second-order valence-corrected chi connectivity index (χ2v) is 7.22. The highest BCUT2D eigenvalue weighted by atomic mass is 79.9. The van der Waals surface area contributed by atoms with Crippen LogP contribution in [0.15, 0.2) is 22.7 Å². The molecule has 2 rings (SSSR count). The van der Waals surface area contributed by atoms with Gasteiger partial charge in [-0.1, -0.05) is 42.1 Å². The van der Waals surface area contributed by atoms with Crippen LogP contribution in [0.4, 0.5) is 5.69 Å². The number of carbonyl (C=O) groups excluding carboxylic acids is 1. The highest BCUT2D eigenvalue weighted by Crippen LogP contribution is 2.32. The van der Waals surface area contributed by atoms with Crippen LogP contribution in [-0.2, 0) is 4.79 Å². The Labute approximate surface area is 136 Å². The maximum absolute atomic E-state index is 12.4.